The summed E-state index contributed by atoms with van der Waals surface area (Å²) in [6.45, 7) is 2.18. The molecule has 0 saturated heterocycles. The zero-order valence-corrected chi connectivity index (χ0v) is 13.5. The molecule has 0 heterocycles. The summed E-state index contributed by atoms with van der Waals surface area (Å²) in [5.74, 6) is 6.19. The Morgan fingerprint density at radius 1 is 1.07 bits per heavy atom. The van der Waals surface area contributed by atoms with E-state index in [1.807, 2.05) is 23.5 Å². The van der Waals surface area contributed by atoms with Gasteiger partial charge in [-0.1, -0.05) is 6.92 Å². The Balaban J connectivity index is 3.48. The van der Waals surface area contributed by atoms with Crippen LogP contribution in [0.2, 0.25) is 0 Å². The van der Waals surface area contributed by atoms with E-state index in [2.05, 4.69) is 6.92 Å². The fourth-order valence-electron chi connectivity index (χ4n) is 0.851. The first kappa shape index (κ1) is 16.9. The van der Waals surface area contributed by atoms with Crippen molar-refractivity contribution in [3.63, 3.8) is 0 Å². The molecule has 0 aromatic rings. The predicted molar refractivity (Wildman–Crippen MR) is 82.8 cm³/mol. The van der Waals surface area contributed by atoms with E-state index in [-0.39, 0.29) is 4.84 Å². The smallest absolute Gasteiger partial charge is 0.120 e. The third-order valence-electron chi connectivity index (χ3n) is 1.55. The molecule has 0 aliphatic rings. The van der Waals surface area contributed by atoms with E-state index in [9.17, 15) is 0 Å². The van der Waals surface area contributed by atoms with Crippen LogP contribution in [0.5, 0.6) is 0 Å². The molecule has 92 valence electrons. The molecule has 0 aromatic heterocycles. The van der Waals surface area contributed by atoms with Crippen molar-refractivity contribution in [2.75, 3.05) is 34.6 Å². The molecular weight excluding hydrogens is 311 g/mol. The molecule has 15 heavy (non-hydrogen) atoms. The minimum Gasteiger partial charge on any atom is -0.161 e. The maximum Gasteiger partial charge on any atom is 0.120 e. The lowest BCUT2D eigenvalue weighted by Crippen LogP contribution is -2.16. The van der Waals surface area contributed by atoms with Gasteiger partial charge in [0.2, 0.25) is 0 Å². The average molecular weight is 328 g/mol. The van der Waals surface area contributed by atoms with Crippen LogP contribution in [0.15, 0.2) is 0 Å². The Kier molecular flexibility index (Phi) is 14.0. The summed E-state index contributed by atoms with van der Waals surface area (Å²) in [7, 11) is 0. The fraction of sp³-hybridized carbons (Fsp3) is 1.00. The van der Waals surface area contributed by atoms with Crippen molar-refractivity contribution in [2.45, 2.75) is 17.0 Å². The number of halogens is 3. The molecule has 0 rings (SSSR count). The van der Waals surface area contributed by atoms with Gasteiger partial charge in [-0.25, -0.2) is 0 Å². The summed E-state index contributed by atoms with van der Waals surface area (Å²) >= 11 is 23.1. The highest BCUT2D eigenvalue weighted by molar-refractivity contribution is 8.04. The minimum atomic E-state index is -0.287. The second-order valence-corrected chi connectivity index (χ2v) is 8.14. The number of hydrogen-bond acceptors (Lipinski definition) is 3. The number of alkyl halides is 3. The van der Waals surface area contributed by atoms with Crippen molar-refractivity contribution in [1.29, 1.82) is 0 Å². The summed E-state index contributed by atoms with van der Waals surface area (Å²) in [6.07, 6.45) is 0. The Morgan fingerprint density at radius 2 is 1.73 bits per heavy atom. The largest absolute Gasteiger partial charge is 0.161 e. The molecule has 0 aromatic carbocycles. The van der Waals surface area contributed by atoms with E-state index >= 15 is 0 Å². The van der Waals surface area contributed by atoms with Crippen molar-refractivity contribution < 1.29 is 0 Å². The number of rotatable bonds is 10. The van der Waals surface area contributed by atoms with Crippen LogP contribution in [0, 0.1) is 0 Å². The quantitative estimate of drug-likeness (QED) is 0.424. The molecule has 6 heteroatoms. The second kappa shape index (κ2) is 12.4. The Morgan fingerprint density at radius 3 is 2.27 bits per heavy atom. The normalized spacial score (nSPS) is 13.4. The highest BCUT2D eigenvalue weighted by Crippen LogP contribution is 2.26. The maximum absolute atomic E-state index is 5.90. The Labute approximate surface area is 121 Å². The number of thioether (sulfide) groups is 3. The van der Waals surface area contributed by atoms with Crippen LogP contribution in [0.4, 0.5) is 0 Å². The highest BCUT2D eigenvalue weighted by atomic mass is 35.5. The molecule has 0 bridgehead atoms. The first-order valence-electron chi connectivity index (χ1n) is 4.83. The van der Waals surface area contributed by atoms with E-state index < -0.39 is 0 Å². The van der Waals surface area contributed by atoms with E-state index in [0.29, 0.717) is 11.1 Å². The molecule has 0 saturated carbocycles. The van der Waals surface area contributed by atoms with Gasteiger partial charge in [0.05, 0.1) is 0 Å². The van der Waals surface area contributed by atoms with Crippen molar-refractivity contribution >= 4 is 70.1 Å². The lowest BCUT2D eigenvalue weighted by atomic mass is 10.5. The van der Waals surface area contributed by atoms with Gasteiger partial charge >= 0.3 is 0 Å². The zero-order valence-electron chi connectivity index (χ0n) is 8.76. The predicted octanol–water partition coefficient (Wildman–Crippen LogP) is 4.62. The lowest BCUT2D eigenvalue weighted by Gasteiger charge is -2.16. The van der Waals surface area contributed by atoms with E-state index in [0.717, 1.165) is 11.5 Å². The van der Waals surface area contributed by atoms with E-state index in [4.69, 9.17) is 34.8 Å². The molecule has 0 amide bonds. The summed E-state index contributed by atoms with van der Waals surface area (Å²) < 4.78 is 0. The van der Waals surface area contributed by atoms with Crippen molar-refractivity contribution in [3.05, 3.63) is 0 Å². The molecular formula is C9H17Cl3S3. The van der Waals surface area contributed by atoms with Crippen molar-refractivity contribution in [1.82, 2.24) is 0 Å². The fourth-order valence-corrected chi connectivity index (χ4v) is 4.98. The SMILES string of the molecule is CCSCCSCC(SCCCl)C(Cl)Cl. The molecule has 0 N–H and O–H groups in total. The molecule has 0 aliphatic heterocycles. The van der Waals surface area contributed by atoms with Crippen molar-refractivity contribution in [3.8, 4) is 0 Å². The molecule has 0 fully saturated rings. The molecule has 1 atom stereocenters. The minimum absolute atomic E-state index is 0.287. The van der Waals surface area contributed by atoms with Crippen LogP contribution < -0.4 is 0 Å². The summed E-state index contributed by atoms with van der Waals surface area (Å²) in [6, 6.07) is 0. The summed E-state index contributed by atoms with van der Waals surface area (Å²) in [5.41, 5.74) is 0. The zero-order chi connectivity index (χ0) is 11.5. The first-order chi connectivity index (χ1) is 7.22. The van der Waals surface area contributed by atoms with Gasteiger partial charge in [0.15, 0.2) is 0 Å². The molecule has 0 nitrogen and oxygen atoms in total. The van der Waals surface area contributed by atoms with E-state index in [1.54, 1.807) is 11.8 Å². The monoisotopic (exact) mass is 326 g/mol. The summed E-state index contributed by atoms with van der Waals surface area (Å²) in [5, 5.41) is 0.309. The van der Waals surface area contributed by atoms with Gasteiger partial charge in [-0.3, -0.25) is 0 Å². The highest BCUT2D eigenvalue weighted by Gasteiger charge is 2.16. The average Bonchev–Trinajstić information content (AvgIpc) is 2.21. The standard InChI is InChI=1S/C9H17Cl3S3/c1-2-13-5-6-14-7-8(9(11)12)15-4-3-10/h8-9H,2-7H2,1H3. The van der Waals surface area contributed by atoms with Gasteiger partial charge in [0.1, 0.15) is 4.84 Å². The van der Waals surface area contributed by atoms with Gasteiger partial charge in [-0.05, 0) is 5.75 Å². The number of hydrogen-bond donors (Lipinski definition) is 0. The van der Waals surface area contributed by atoms with Gasteiger partial charge in [0.25, 0.3) is 0 Å². The van der Waals surface area contributed by atoms with Gasteiger partial charge in [0, 0.05) is 34.1 Å². The van der Waals surface area contributed by atoms with Crippen LogP contribution in [0.1, 0.15) is 6.92 Å². The first-order valence-corrected chi connectivity index (χ1v) is 9.60. The third kappa shape index (κ3) is 10.8. The van der Waals surface area contributed by atoms with E-state index in [1.165, 1.54) is 17.3 Å². The maximum atomic E-state index is 5.90. The topological polar surface area (TPSA) is 0 Å². The molecule has 0 aliphatic carbocycles. The molecule has 1 unspecified atom stereocenters. The van der Waals surface area contributed by atoms with Crippen LogP contribution >= 0.6 is 70.1 Å². The van der Waals surface area contributed by atoms with Crippen LogP contribution in [-0.4, -0.2) is 44.7 Å². The molecule has 0 spiro atoms. The molecule has 0 radical (unpaired) electrons. The van der Waals surface area contributed by atoms with Crippen LogP contribution in [-0.2, 0) is 0 Å². The Hall–Kier alpha value is 1.92. The van der Waals surface area contributed by atoms with Gasteiger partial charge in [-0.15, -0.1) is 34.8 Å². The summed E-state index contributed by atoms with van der Waals surface area (Å²) in [4.78, 5) is -0.287. The van der Waals surface area contributed by atoms with Crippen molar-refractivity contribution in [2.24, 2.45) is 0 Å². The van der Waals surface area contributed by atoms with Crippen LogP contribution in [0.3, 0.4) is 0 Å². The second-order valence-electron chi connectivity index (χ2n) is 2.70. The lowest BCUT2D eigenvalue weighted by molar-refractivity contribution is 1.08. The Bertz CT molecular complexity index is 136. The third-order valence-corrected chi connectivity index (χ3v) is 6.63. The van der Waals surface area contributed by atoms with Crippen LogP contribution in [0.25, 0.3) is 0 Å². The van der Waals surface area contributed by atoms with Gasteiger partial charge < -0.3 is 0 Å². The van der Waals surface area contributed by atoms with Gasteiger partial charge in [-0.2, -0.15) is 35.3 Å².